The number of nitro groups is 1. The monoisotopic (exact) mass is 332 g/mol. The van der Waals surface area contributed by atoms with Crippen molar-refractivity contribution in [2.45, 2.75) is 0 Å². The molecule has 1 heterocycles. The standard InChI is InChI=1S/C15H9ClN2O5/c16-9-5-6-14-11(7-9)17-15(23-14)22-13-4-2-1-3-10(13)12(19)8-18(20)21/h1-7H,8H2. The van der Waals surface area contributed by atoms with Crippen LogP contribution in [0.15, 0.2) is 46.9 Å². The zero-order valence-electron chi connectivity index (χ0n) is 11.6. The van der Waals surface area contributed by atoms with E-state index in [0.29, 0.717) is 16.1 Å². The molecule has 0 saturated heterocycles. The van der Waals surface area contributed by atoms with Gasteiger partial charge in [-0.05, 0) is 30.3 Å². The Balaban J connectivity index is 1.92. The summed E-state index contributed by atoms with van der Waals surface area (Å²) in [5.41, 5.74) is 1.06. The molecule has 0 radical (unpaired) electrons. The van der Waals surface area contributed by atoms with Crippen molar-refractivity contribution >= 4 is 28.5 Å². The van der Waals surface area contributed by atoms with Gasteiger partial charge in [-0.15, -0.1) is 0 Å². The lowest BCUT2D eigenvalue weighted by Gasteiger charge is -2.05. The second kappa shape index (κ2) is 6.05. The number of Topliss-reactive ketones (excluding diaryl/α,β-unsaturated/α-hetero) is 1. The van der Waals surface area contributed by atoms with E-state index in [9.17, 15) is 14.9 Å². The molecule has 0 spiro atoms. The average Bonchev–Trinajstić information content (AvgIpc) is 2.88. The Hall–Kier alpha value is -2.93. The normalized spacial score (nSPS) is 10.7. The maximum atomic E-state index is 11.9. The number of carbonyl (C=O) groups is 1. The second-order valence-electron chi connectivity index (χ2n) is 4.60. The zero-order valence-corrected chi connectivity index (χ0v) is 12.3. The number of oxazole rings is 1. The quantitative estimate of drug-likeness (QED) is 0.401. The molecule has 2 aromatic carbocycles. The van der Waals surface area contributed by atoms with Gasteiger partial charge in [-0.3, -0.25) is 14.9 Å². The summed E-state index contributed by atoms with van der Waals surface area (Å²) in [6.45, 7) is -0.816. The third-order valence-corrected chi connectivity index (χ3v) is 3.22. The fourth-order valence-electron chi connectivity index (χ4n) is 2.01. The molecule has 0 fully saturated rings. The van der Waals surface area contributed by atoms with Crippen molar-refractivity contribution < 1.29 is 18.9 Å². The highest BCUT2D eigenvalue weighted by molar-refractivity contribution is 6.31. The first-order valence-electron chi connectivity index (χ1n) is 6.51. The molecule has 0 saturated carbocycles. The van der Waals surface area contributed by atoms with Crippen molar-refractivity contribution in [3.05, 3.63) is 63.2 Å². The van der Waals surface area contributed by atoms with E-state index >= 15 is 0 Å². The number of halogens is 1. The van der Waals surface area contributed by atoms with Crippen LogP contribution in [0.25, 0.3) is 11.1 Å². The summed E-state index contributed by atoms with van der Waals surface area (Å²) in [6, 6.07) is 11.1. The lowest BCUT2D eigenvalue weighted by Crippen LogP contribution is -2.14. The number of carbonyl (C=O) groups excluding carboxylic acids is 1. The van der Waals surface area contributed by atoms with Crippen LogP contribution < -0.4 is 4.74 Å². The molecule has 0 bridgehead atoms. The maximum absolute atomic E-state index is 11.9. The van der Waals surface area contributed by atoms with Crippen LogP contribution in [0.1, 0.15) is 10.4 Å². The van der Waals surface area contributed by atoms with Crippen LogP contribution in [0, 0.1) is 10.1 Å². The first-order valence-corrected chi connectivity index (χ1v) is 6.89. The van der Waals surface area contributed by atoms with Crippen LogP contribution in [0.5, 0.6) is 11.8 Å². The molecule has 3 rings (SSSR count). The lowest BCUT2D eigenvalue weighted by atomic mass is 10.1. The Bertz CT molecular complexity index is 906. The van der Waals surface area contributed by atoms with E-state index in [0.717, 1.165) is 0 Å². The third-order valence-electron chi connectivity index (χ3n) is 2.99. The average molecular weight is 333 g/mol. The number of para-hydroxylation sites is 1. The van der Waals surface area contributed by atoms with Crippen molar-refractivity contribution in [2.24, 2.45) is 0 Å². The molecule has 8 heteroatoms. The van der Waals surface area contributed by atoms with E-state index in [1.165, 1.54) is 12.1 Å². The number of rotatable bonds is 5. The summed E-state index contributed by atoms with van der Waals surface area (Å²) in [4.78, 5) is 25.8. The lowest BCUT2D eigenvalue weighted by molar-refractivity contribution is -0.465. The summed E-state index contributed by atoms with van der Waals surface area (Å²) < 4.78 is 10.9. The minimum Gasteiger partial charge on any atom is -0.410 e. The van der Waals surface area contributed by atoms with E-state index in [4.69, 9.17) is 20.8 Å². The van der Waals surface area contributed by atoms with Gasteiger partial charge in [-0.25, -0.2) is 0 Å². The van der Waals surface area contributed by atoms with Crippen molar-refractivity contribution in [3.63, 3.8) is 0 Å². The largest absolute Gasteiger partial charge is 0.410 e. The Morgan fingerprint density at radius 3 is 2.87 bits per heavy atom. The van der Waals surface area contributed by atoms with Gasteiger partial charge in [0.15, 0.2) is 5.58 Å². The third kappa shape index (κ3) is 3.29. The highest BCUT2D eigenvalue weighted by atomic mass is 35.5. The molecule has 0 aliphatic carbocycles. The summed E-state index contributed by atoms with van der Waals surface area (Å²) in [7, 11) is 0. The molecule has 7 nitrogen and oxygen atoms in total. The number of hydrogen-bond donors (Lipinski definition) is 0. The molecular weight excluding hydrogens is 324 g/mol. The molecule has 3 aromatic rings. The molecule has 23 heavy (non-hydrogen) atoms. The fraction of sp³-hybridized carbons (Fsp3) is 0.0667. The Kier molecular flexibility index (Phi) is 3.94. The van der Waals surface area contributed by atoms with Crippen molar-refractivity contribution in [2.75, 3.05) is 6.54 Å². The Morgan fingerprint density at radius 1 is 1.30 bits per heavy atom. The number of nitrogens with zero attached hydrogens (tertiary/aromatic N) is 2. The van der Waals surface area contributed by atoms with Crippen molar-refractivity contribution in [3.8, 4) is 11.8 Å². The topological polar surface area (TPSA) is 95.5 Å². The predicted molar refractivity (Wildman–Crippen MR) is 81.7 cm³/mol. The fourth-order valence-corrected chi connectivity index (χ4v) is 2.17. The first-order chi connectivity index (χ1) is 11.0. The number of ketones is 1. The van der Waals surface area contributed by atoms with Gasteiger partial charge in [-0.1, -0.05) is 23.7 Å². The highest BCUT2D eigenvalue weighted by Crippen LogP contribution is 2.29. The van der Waals surface area contributed by atoms with E-state index in [1.54, 1.807) is 30.3 Å². The minimum absolute atomic E-state index is 0.0800. The van der Waals surface area contributed by atoms with Crippen LogP contribution in [0.4, 0.5) is 0 Å². The summed E-state index contributed by atoms with van der Waals surface area (Å²) >= 11 is 5.87. The maximum Gasteiger partial charge on any atom is 0.400 e. The van der Waals surface area contributed by atoms with Gasteiger partial charge >= 0.3 is 6.08 Å². The molecule has 0 aliphatic heterocycles. The minimum atomic E-state index is -0.816. The number of benzene rings is 2. The number of hydrogen-bond acceptors (Lipinski definition) is 6. The highest BCUT2D eigenvalue weighted by Gasteiger charge is 2.19. The van der Waals surface area contributed by atoms with Gasteiger partial charge in [0.1, 0.15) is 11.3 Å². The predicted octanol–water partition coefficient (Wildman–Crippen LogP) is 3.73. The van der Waals surface area contributed by atoms with Gasteiger partial charge in [0.2, 0.25) is 5.78 Å². The van der Waals surface area contributed by atoms with Gasteiger partial charge in [0.25, 0.3) is 6.54 Å². The zero-order chi connectivity index (χ0) is 16.4. The molecule has 0 amide bonds. The van der Waals surface area contributed by atoms with E-state index in [2.05, 4.69) is 4.98 Å². The Morgan fingerprint density at radius 2 is 2.09 bits per heavy atom. The number of ether oxygens (including phenoxy) is 1. The molecule has 0 N–H and O–H groups in total. The summed E-state index contributed by atoms with van der Waals surface area (Å²) in [5.74, 6) is -0.526. The number of fused-ring (bicyclic) bond motifs is 1. The van der Waals surface area contributed by atoms with Gasteiger partial charge in [0.05, 0.1) is 5.56 Å². The van der Waals surface area contributed by atoms with Gasteiger partial charge in [0, 0.05) is 9.95 Å². The van der Waals surface area contributed by atoms with Gasteiger partial charge < -0.3 is 9.15 Å². The summed E-state index contributed by atoms with van der Waals surface area (Å²) in [6.07, 6.45) is -0.0800. The molecule has 0 unspecified atom stereocenters. The second-order valence-corrected chi connectivity index (χ2v) is 5.04. The van der Waals surface area contributed by atoms with E-state index < -0.39 is 17.3 Å². The van der Waals surface area contributed by atoms with Crippen LogP contribution >= 0.6 is 11.6 Å². The molecular formula is C15H9ClN2O5. The number of aromatic nitrogens is 1. The Labute approximate surface area is 134 Å². The van der Waals surface area contributed by atoms with Crippen LogP contribution in [-0.4, -0.2) is 22.2 Å². The summed E-state index contributed by atoms with van der Waals surface area (Å²) in [5, 5.41) is 11.0. The van der Waals surface area contributed by atoms with Gasteiger partial charge in [-0.2, -0.15) is 4.98 Å². The SMILES string of the molecule is O=C(C[N+](=O)[O-])c1ccccc1Oc1nc2cc(Cl)ccc2o1. The van der Waals surface area contributed by atoms with E-state index in [-0.39, 0.29) is 17.4 Å². The van der Waals surface area contributed by atoms with Crippen LogP contribution in [-0.2, 0) is 0 Å². The van der Waals surface area contributed by atoms with Crippen LogP contribution in [0.3, 0.4) is 0 Å². The van der Waals surface area contributed by atoms with Crippen molar-refractivity contribution in [1.29, 1.82) is 0 Å². The molecule has 0 atom stereocenters. The molecule has 0 aliphatic rings. The molecule has 1 aromatic heterocycles. The first kappa shape index (κ1) is 15.0. The van der Waals surface area contributed by atoms with Crippen LogP contribution in [0.2, 0.25) is 5.02 Å². The smallest absolute Gasteiger partial charge is 0.400 e. The van der Waals surface area contributed by atoms with Crippen molar-refractivity contribution in [1.82, 2.24) is 4.98 Å². The van der Waals surface area contributed by atoms with E-state index in [1.807, 2.05) is 0 Å². The molecule has 116 valence electrons.